The minimum absolute atomic E-state index is 0.483. The zero-order valence-corrected chi connectivity index (χ0v) is 13.4. The Hall–Kier alpha value is -0.730. The highest BCUT2D eigenvalue weighted by molar-refractivity contribution is 6.30. The molecule has 112 valence electrons. The molecule has 1 N–H and O–H groups in total. The molecule has 0 unspecified atom stereocenters. The number of nitrogens with one attached hydrogen (secondary N) is 1. The number of benzene rings is 1. The fourth-order valence-corrected chi connectivity index (χ4v) is 2.92. The fraction of sp³-hybridized carbons (Fsp3) is 0.647. The van der Waals surface area contributed by atoms with Gasteiger partial charge in [0, 0.05) is 11.1 Å². The van der Waals surface area contributed by atoms with Crippen LogP contribution in [0.1, 0.15) is 57.4 Å². The third-order valence-electron chi connectivity index (χ3n) is 4.25. The molecule has 2 atom stereocenters. The molecule has 1 saturated heterocycles. The van der Waals surface area contributed by atoms with Crippen molar-refractivity contribution in [2.45, 2.75) is 57.9 Å². The van der Waals surface area contributed by atoms with Gasteiger partial charge in [-0.15, -0.1) is 0 Å². The predicted octanol–water partition coefficient (Wildman–Crippen LogP) is 4.76. The van der Waals surface area contributed by atoms with E-state index in [1.807, 2.05) is 18.2 Å². The van der Waals surface area contributed by atoms with Crippen molar-refractivity contribution in [3.8, 4) is 5.75 Å². The topological polar surface area (TPSA) is 21.3 Å². The highest BCUT2D eigenvalue weighted by Crippen LogP contribution is 2.31. The van der Waals surface area contributed by atoms with E-state index in [2.05, 4.69) is 19.2 Å². The molecule has 3 heteroatoms. The van der Waals surface area contributed by atoms with Crippen LogP contribution in [0.25, 0.3) is 0 Å². The molecule has 0 amide bonds. The lowest BCUT2D eigenvalue weighted by Crippen LogP contribution is -2.35. The first-order chi connectivity index (χ1) is 9.70. The Morgan fingerprint density at radius 3 is 2.95 bits per heavy atom. The molecule has 1 aliphatic rings. The van der Waals surface area contributed by atoms with Crippen LogP contribution in [0.5, 0.6) is 5.75 Å². The van der Waals surface area contributed by atoms with Crippen LogP contribution in [0.4, 0.5) is 0 Å². The van der Waals surface area contributed by atoms with Crippen molar-refractivity contribution in [1.29, 1.82) is 0 Å². The molecule has 1 aromatic rings. The zero-order chi connectivity index (χ0) is 14.4. The summed E-state index contributed by atoms with van der Waals surface area (Å²) in [5.41, 5.74) is 1.23. The van der Waals surface area contributed by atoms with Crippen LogP contribution in [0, 0.1) is 0 Å². The van der Waals surface area contributed by atoms with Crippen LogP contribution in [0.3, 0.4) is 0 Å². The Kier molecular flexibility index (Phi) is 6.18. The van der Waals surface area contributed by atoms with Gasteiger partial charge < -0.3 is 10.1 Å². The summed E-state index contributed by atoms with van der Waals surface area (Å²) in [6, 6.07) is 6.60. The summed E-state index contributed by atoms with van der Waals surface area (Å²) in [4.78, 5) is 0. The maximum atomic E-state index is 6.11. The summed E-state index contributed by atoms with van der Waals surface area (Å²) in [5.74, 6) is 1.48. The summed E-state index contributed by atoms with van der Waals surface area (Å²) in [5, 5.41) is 4.36. The molecular weight excluding hydrogens is 270 g/mol. The minimum Gasteiger partial charge on any atom is -0.493 e. The quantitative estimate of drug-likeness (QED) is 0.816. The first-order valence-corrected chi connectivity index (χ1v) is 8.24. The van der Waals surface area contributed by atoms with Crippen molar-refractivity contribution >= 4 is 11.6 Å². The largest absolute Gasteiger partial charge is 0.493 e. The number of piperidine rings is 1. The Balaban J connectivity index is 1.91. The summed E-state index contributed by atoms with van der Waals surface area (Å²) in [6.07, 6.45) is 6.12. The third kappa shape index (κ3) is 4.39. The first-order valence-electron chi connectivity index (χ1n) is 7.86. The molecule has 1 aromatic carbocycles. The highest BCUT2D eigenvalue weighted by atomic mass is 35.5. The predicted molar refractivity (Wildman–Crippen MR) is 85.9 cm³/mol. The second kappa shape index (κ2) is 7.90. The molecule has 0 radical (unpaired) electrons. The van der Waals surface area contributed by atoms with Gasteiger partial charge in [-0.05, 0) is 61.9 Å². The number of halogens is 1. The van der Waals surface area contributed by atoms with E-state index in [1.165, 1.54) is 24.8 Å². The van der Waals surface area contributed by atoms with Crippen LogP contribution in [-0.2, 0) is 0 Å². The van der Waals surface area contributed by atoms with Gasteiger partial charge in [0.05, 0.1) is 6.61 Å². The van der Waals surface area contributed by atoms with Gasteiger partial charge in [-0.2, -0.15) is 0 Å². The molecule has 0 bridgehead atoms. The van der Waals surface area contributed by atoms with Gasteiger partial charge in [0.1, 0.15) is 5.75 Å². The number of hydrogen-bond acceptors (Lipinski definition) is 2. The van der Waals surface area contributed by atoms with Gasteiger partial charge in [-0.3, -0.25) is 0 Å². The Labute approximate surface area is 127 Å². The Bertz CT molecular complexity index is 415. The molecule has 0 aliphatic carbocycles. The monoisotopic (exact) mass is 295 g/mol. The van der Waals surface area contributed by atoms with Crippen LogP contribution >= 0.6 is 11.6 Å². The lowest BCUT2D eigenvalue weighted by atomic mass is 9.97. The number of ether oxygens (including phenoxy) is 1. The fourth-order valence-electron chi connectivity index (χ4n) is 2.74. The summed E-state index contributed by atoms with van der Waals surface area (Å²) < 4.78 is 6.02. The average molecular weight is 296 g/mol. The van der Waals surface area contributed by atoms with Gasteiger partial charge in [0.15, 0.2) is 0 Å². The highest BCUT2D eigenvalue weighted by Gasteiger charge is 2.14. The maximum Gasteiger partial charge on any atom is 0.122 e. The molecule has 1 fully saturated rings. The third-order valence-corrected chi connectivity index (χ3v) is 4.49. The number of hydrogen-bond donors (Lipinski definition) is 1. The number of rotatable bonds is 6. The van der Waals surface area contributed by atoms with Crippen LogP contribution in [0.2, 0.25) is 5.02 Å². The van der Waals surface area contributed by atoms with Crippen molar-refractivity contribution in [3.05, 3.63) is 28.8 Å². The van der Waals surface area contributed by atoms with E-state index in [-0.39, 0.29) is 0 Å². The van der Waals surface area contributed by atoms with Crippen LogP contribution < -0.4 is 10.1 Å². The maximum absolute atomic E-state index is 6.11. The SMILES string of the molecule is CC[C@@H](C)c1cc(Cl)ccc1OCC[C@H]1CCCCN1. The molecule has 1 aliphatic heterocycles. The van der Waals surface area contributed by atoms with Gasteiger partial charge in [0.2, 0.25) is 0 Å². The molecular formula is C17H26ClNO. The molecule has 0 spiro atoms. The van der Waals surface area contributed by atoms with Crippen LogP contribution in [-0.4, -0.2) is 19.2 Å². The van der Waals surface area contributed by atoms with Crippen LogP contribution in [0.15, 0.2) is 18.2 Å². The molecule has 1 heterocycles. The van der Waals surface area contributed by atoms with Crippen molar-refractivity contribution in [2.75, 3.05) is 13.2 Å². The van der Waals surface area contributed by atoms with Gasteiger partial charge in [0.25, 0.3) is 0 Å². The molecule has 2 nitrogen and oxygen atoms in total. The van der Waals surface area contributed by atoms with Crippen molar-refractivity contribution in [1.82, 2.24) is 5.32 Å². The molecule has 2 rings (SSSR count). The standard InChI is InChI=1S/C17H26ClNO/c1-3-13(2)16-12-14(18)7-8-17(16)20-11-9-15-6-4-5-10-19-15/h7-8,12-13,15,19H,3-6,9-11H2,1-2H3/t13-,15-/m1/s1. The van der Waals surface area contributed by atoms with E-state index in [9.17, 15) is 0 Å². The van der Waals surface area contributed by atoms with E-state index in [4.69, 9.17) is 16.3 Å². The Morgan fingerprint density at radius 1 is 1.40 bits per heavy atom. The second-order valence-electron chi connectivity index (χ2n) is 5.78. The zero-order valence-electron chi connectivity index (χ0n) is 12.6. The van der Waals surface area contributed by atoms with Crippen molar-refractivity contribution in [3.63, 3.8) is 0 Å². The first kappa shape index (κ1) is 15.7. The summed E-state index contributed by atoms with van der Waals surface area (Å²) >= 11 is 6.11. The normalized spacial score (nSPS) is 20.6. The second-order valence-corrected chi connectivity index (χ2v) is 6.21. The van der Waals surface area contributed by atoms with E-state index >= 15 is 0 Å². The molecule has 0 saturated carbocycles. The lowest BCUT2D eigenvalue weighted by molar-refractivity contribution is 0.265. The van der Waals surface area contributed by atoms with Gasteiger partial charge in [-0.1, -0.05) is 31.9 Å². The van der Waals surface area contributed by atoms with Crippen molar-refractivity contribution in [2.24, 2.45) is 0 Å². The summed E-state index contributed by atoms with van der Waals surface area (Å²) in [6.45, 7) is 6.36. The average Bonchev–Trinajstić information content (AvgIpc) is 2.49. The molecule has 20 heavy (non-hydrogen) atoms. The molecule has 0 aromatic heterocycles. The van der Waals surface area contributed by atoms with Crippen molar-refractivity contribution < 1.29 is 4.74 Å². The van der Waals surface area contributed by atoms with Gasteiger partial charge in [-0.25, -0.2) is 0 Å². The van der Waals surface area contributed by atoms with E-state index < -0.39 is 0 Å². The van der Waals surface area contributed by atoms with E-state index in [0.717, 1.165) is 36.8 Å². The van der Waals surface area contributed by atoms with Gasteiger partial charge >= 0.3 is 0 Å². The van der Waals surface area contributed by atoms with E-state index in [0.29, 0.717) is 12.0 Å². The summed E-state index contributed by atoms with van der Waals surface area (Å²) in [7, 11) is 0. The lowest BCUT2D eigenvalue weighted by Gasteiger charge is -2.24. The Morgan fingerprint density at radius 2 is 2.25 bits per heavy atom. The van der Waals surface area contributed by atoms with E-state index in [1.54, 1.807) is 0 Å². The minimum atomic E-state index is 0.483. The smallest absolute Gasteiger partial charge is 0.122 e.